The van der Waals surface area contributed by atoms with Gasteiger partial charge >= 0.3 is 0 Å². The average Bonchev–Trinajstić information content (AvgIpc) is 2.18. The monoisotopic (exact) mass is 193 g/mol. The molecule has 0 radical (unpaired) electrons. The highest BCUT2D eigenvalue weighted by Crippen LogP contribution is 2.01. The van der Waals surface area contributed by atoms with Crippen molar-refractivity contribution in [3.8, 4) is 0 Å². The van der Waals surface area contributed by atoms with Crippen molar-refractivity contribution in [1.82, 2.24) is 9.88 Å². The van der Waals surface area contributed by atoms with Gasteiger partial charge in [0.2, 0.25) is 5.91 Å². The van der Waals surface area contributed by atoms with Crippen molar-refractivity contribution in [1.29, 1.82) is 0 Å². The van der Waals surface area contributed by atoms with E-state index in [1.54, 1.807) is 26.5 Å². The van der Waals surface area contributed by atoms with Gasteiger partial charge in [-0.1, -0.05) is 6.07 Å². The van der Waals surface area contributed by atoms with Crippen LogP contribution in [0.15, 0.2) is 24.5 Å². The van der Waals surface area contributed by atoms with Crippen LogP contribution in [0, 0.1) is 0 Å². The van der Waals surface area contributed by atoms with Crippen LogP contribution in [-0.4, -0.2) is 35.9 Å². The molecular formula is C10H15N3O. The van der Waals surface area contributed by atoms with Gasteiger partial charge in [0.1, 0.15) is 0 Å². The van der Waals surface area contributed by atoms with Crippen LogP contribution in [0.3, 0.4) is 0 Å². The number of carbonyl (C=O) groups is 1. The predicted molar refractivity (Wildman–Crippen MR) is 54.6 cm³/mol. The quantitative estimate of drug-likeness (QED) is 0.737. The summed E-state index contributed by atoms with van der Waals surface area (Å²) in [5.41, 5.74) is 6.71. The second-order valence-electron chi connectivity index (χ2n) is 3.40. The summed E-state index contributed by atoms with van der Waals surface area (Å²) in [5, 5.41) is 0. The minimum Gasteiger partial charge on any atom is -0.347 e. The van der Waals surface area contributed by atoms with Crippen LogP contribution in [0.1, 0.15) is 5.56 Å². The van der Waals surface area contributed by atoms with Crippen LogP contribution < -0.4 is 5.73 Å². The molecule has 0 spiro atoms. The van der Waals surface area contributed by atoms with Gasteiger partial charge in [0.05, 0.1) is 6.04 Å². The average molecular weight is 193 g/mol. The Morgan fingerprint density at radius 2 is 2.36 bits per heavy atom. The second-order valence-corrected chi connectivity index (χ2v) is 3.40. The number of rotatable bonds is 3. The van der Waals surface area contributed by atoms with E-state index in [4.69, 9.17) is 5.73 Å². The van der Waals surface area contributed by atoms with Gasteiger partial charge in [-0.3, -0.25) is 9.78 Å². The molecule has 0 saturated heterocycles. The van der Waals surface area contributed by atoms with Crippen LogP contribution in [0.25, 0.3) is 0 Å². The number of likely N-dealkylation sites (N-methyl/N-ethyl adjacent to an activating group) is 1. The van der Waals surface area contributed by atoms with Gasteiger partial charge in [0, 0.05) is 26.5 Å². The number of nitrogens with two attached hydrogens (primary N) is 1. The Morgan fingerprint density at radius 1 is 1.64 bits per heavy atom. The van der Waals surface area contributed by atoms with Gasteiger partial charge in [0.25, 0.3) is 0 Å². The molecule has 0 bridgehead atoms. The summed E-state index contributed by atoms with van der Waals surface area (Å²) < 4.78 is 0. The fraction of sp³-hybridized carbons (Fsp3) is 0.400. The van der Waals surface area contributed by atoms with Gasteiger partial charge in [0.15, 0.2) is 0 Å². The van der Waals surface area contributed by atoms with Crippen LogP contribution in [-0.2, 0) is 11.2 Å². The Morgan fingerprint density at radius 3 is 2.86 bits per heavy atom. The van der Waals surface area contributed by atoms with Crippen LogP contribution in [0.2, 0.25) is 0 Å². The summed E-state index contributed by atoms with van der Waals surface area (Å²) >= 11 is 0. The summed E-state index contributed by atoms with van der Waals surface area (Å²) in [6, 6.07) is 3.27. The zero-order valence-electron chi connectivity index (χ0n) is 8.47. The van der Waals surface area contributed by atoms with Crippen molar-refractivity contribution in [2.24, 2.45) is 5.73 Å². The lowest BCUT2D eigenvalue weighted by atomic mass is 10.1. The summed E-state index contributed by atoms with van der Waals surface area (Å²) in [6.07, 6.45) is 3.95. The van der Waals surface area contributed by atoms with E-state index in [9.17, 15) is 4.79 Å². The van der Waals surface area contributed by atoms with Gasteiger partial charge in [-0.25, -0.2) is 0 Å². The van der Waals surface area contributed by atoms with Gasteiger partial charge in [-0.05, 0) is 18.1 Å². The molecule has 2 N–H and O–H groups in total. The molecule has 0 fully saturated rings. The third kappa shape index (κ3) is 2.81. The Bertz CT molecular complexity index is 297. The number of pyridine rings is 1. The highest BCUT2D eigenvalue weighted by molar-refractivity contribution is 5.81. The number of hydrogen-bond donors (Lipinski definition) is 1. The SMILES string of the molecule is CN(C)C(=O)C(N)Cc1cccnc1. The number of hydrogen-bond acceptors (Lipinski definition) is 3. The normalized spacial score (nSPS) is 12.2. The molecule has 4 heteroatoms. The van der Waals surface area contributed by atoms with E-state index in [1.807, 2.05) is 12.1 Å². The highest BCUT2D eigenvalue weighted by atomic mass is 16.2. The van der Waals surface area contributed by atoms with Crippen molar-refractivity contribution in [2.75, 3.05) is 14.1 Å². The number of carbonyl (C=O) groups excluding carboxylic acids is 1. The molecule has 0 aliphatic carbocycles. The number of nitrogens with zero attached hydrogens (tertiary/aromatic N) is 2. The zero-order valence-corrected chi connectivity index (χ0v) is 8.47. The molecule has 14 heavy (non-hydrogen) atoms. The first-order valence-corrected chi connectivity index (χ1v) is 4.47. The van der Waals surface area contributed by atoms with E-state index in [0.717, 1.165) is 5.56 Å². The molecule has 0 saturated carbocycles. The summed E-state index contributed by atoms with van der Waals surface area (Å²) in [4.78, 5) is 16.9. The molecule has 1 aromatic heterocycles. The predicted octanol–water partition coefficient (Wildman–Crippen LogP) is 0.0396. The van der Waals surface area contributed by atoms with Gasteiger partial charge in [-0.15, -0.1) is 0 Å². The fourth-order valence-electron chi connectivity index (χ4n) is 1.19. The van der Waals surface area contributed by atoms with E-state index in [1.165, 1.54) is 4.90 Å². The highest BCUT2D eigenvalue weighted by Gasteiger charge is 2.15. The second kappa shape index (κ2) is 4.72. The first kappa shape index (κ1) is 10.7. The van der Waals surface area contributed by atoms with Crippen molar-refractivity contribution in [3.05, 3.63) is 30.1 Å². The molecule has 1 atom stereocenters. The molecular weight excluding hydrogens is 178 g/mol. The largest absolute Gasteiger partial charge is 0.347 e. The summed E-state index contributed by atoms with van der Waals surface area (Å²) in [5.74, 6) is -0.0612. The summed E-state index contributed by atoms with van der Waals surface area (Å²) in [6.45, 7) is 0. The first-order valence-electron chi connectivity index (χ1n) is 4.47. The molecule has 0 aliphatic heterocycles. The molecule has 4 nitrogen and oxygen atoms in total. The zero-order chi connectivity index (χ0) is 10.6. The molecule has 76 valence electrons. The van der Waals surface area contributed by atoms with Gasteiger partial charge in [-0.2, -0.15) is 0 Å². The van der Waals surface area contributed by atoms with Crippen LogP contribution >= 0.6 is 0 Å². The van der Waals surface area contributed by atoms with Crippen LogP contribution in [0.4, 0.5) is 0 Å². The van der Waals surface area contributed by atoms with Crippen LogP contribution in [0.5, 0.6) is 0 Å². The van der Waals surface area contributed by atoms with Crippen molar-refractivity contribution < 1.29 is 4.79 Å². The lowest BCUT2D eigenvalue weighted by Crippen LogP contribution is -2.41. The maximum absolute atomic E-state index is 11.4. The third-order valence-corrected chi connectivity index (χ3v) is 1.94. The Kier molecular flexibility index (Phi) is 3.59. The molecule has 1 aromatic rings. The lowest BCUT2D eigenvalue weighted by molar-refractivity contribution is -0.130. The minimum absolute atomic E-state index is 0.0612. The summed E-state index contributed by atoms with van der Waals surface area (Å²) in [7, 11) is 3.40. The first-order chi connectivity index (χ1) is 6.61. The molecule has 0 aromatic carbocycles. The molecule has 1 heterocycles. The van der Waals surface area contributed by atoms with Crippen molar-refractivity contribution in [3.63, 3.8) is 0 Å². The Labute approximate surface area is 83.7 Å². The standard InChI is InChI=1S/C10H15N3O/c1-13(2)10(14)9(11)6-8-4-3-5-12-7-8/h3-5,7,9H,6,11H2,1-2H3. The van der Waals surface area contributed by atoms with Crippen molar-refractivity contribution >= 4 is 5.91 Å². The van der Waals surface area contributed by atoms with Gasteiger partial charge < -0.3 is 10.6 Å². The fourth-order valence-corrected chi connectivity index (χ4v) is 1.19. The lowest BCUT2D eigenvalue weighted by Gasteiger charge is -2.16. The van der Waals surface area contributed by atoms with E-state index < -0.39 is 6.04 Å². The molecule has 1 unspecified atom stereocenters. The minimum atomic E-state index is -0.478. The number of aromatic nitrogens is 1. The third-order valence-electron chi connectivity index (χ3n) is 1.94. The smallest absolute Gasteiger partial charge is 0.239 e. The van der Waals surface area contributed by atoms with E-state index >= 15 is 0 Å². The topological polar surface area (TPSA) is 59.2 Å². The maximum Gasteiger partial charge on any atom is 0.239 e. The Hall–Kier alpha value is -1.42. The Balaban J connectivity index is 2.57. The van der Waals surface area contributed by atoms with Crippen molar-refractivity contribution in [2.45, 2.75) is 12.5 Å². The molecule has 1 rings (SSSR count). The molecule has 0 aliphatic rings. The van der Waals surface area contributed by atoms with E-state index in [-0.39, 0.29) is 5.91 Å². The maximum atomic E-state index is 11.4. The number of amides is 1. The molecule has 1 amide bonds. The van der Waals surface area contributed by atoms with E-state index in [2.05, 4.69) is 4.98 Å². The van der Waals surface area contributed by atoms with E-state index in [0.29, 0.717) is 6.42 Å².